The van der Waals surface area contributed by atoms with Gasteiger partial charge in [-0.25, -0.2) is 0 Å². The molecule has 0 fully saturated rings. The zero-order valence-electron chi connectivity index (χ0n) is 12.1. The summed E-state index contributed by atoms with van der Waals surface area (Å²) < 4.78 is 6.09. The van der Waals surface area contributed by atoms with Crippen LogP contribution in [0.5, 0.6) is 5.75 Å². The topological polar surface area (TPSA) is 21.3 Å². The van der Waals surface area contributed by atoms with Crippen molar-refractivity contribution in [3.63, 3.8) is 0 Å². The molecule has 0 radical (unpaired) electrons. The Balaban J connectivity index is 1.58. The summed E-state index contributed by atoms with van der Waals surface area (Å²) in [5.41, 5.74) is 2.56. The van der Waals surface area contributed by atoms with Crippen molar-refractivity contribution >= 4 is 11.3 Å². The average molecular weight is 287 g/mol. The minimum Gasteiger partial charge on any atom is -0.487 e. The van der Waals surface area contributed by atoms with Crippen molar-refractivity contribution in [2.24, 2.45) is 0 Å². The van der Waals surface area contributed by atoms with E-state index in [2.05, 4.69) is 54.9 Å². The lowest BCUT2D eigenvalue weighted by atomic mass is 10.0. The van der Waals surface area contributed by atoms with Crippen LogP contribution in [0.4, 0.5) is 0 Å². The molecule has 2 nitrogen and oxygen atoms in total. The van der Waals surface area contributed by atoms with Gasteiger partial charge in [0.1, 0.15) is 11.4 Å². The molecule has 0 saturated heterocycles. The summed E-state index contributed by atoms with van der Waals surface area (Å²) in [5, 5.41) is 5.66. The number of thiophene rings is 1. The van der Waals surface area contributed by atoms with Crippen molar-refractivity contribution in [2.45, 2.75) is 38.8 Å². The van der Waals surface area contributed by atoms with Gasteiger partial charge in [0.25, 0.3) is 0 Å². The van der Waals surface area contributed by atoms with Crippen LogP contribution in [-0.4, -0.2) is 12.1 Å². The smallest absolute Gasteiger partial charge is 0.127 e. The molecule has 2 heterocycles. The van der Waals surface area contributed by atoms with Crippen LogP contribution < -0.4 is 10.1 Å². The fourth-order valence-electron chi connectivity index (χ4n) is 2.71. The maximum absolute atomic E-state index is 6.09. The molecule has 2 aromatic rings. The van der Waals surface area contributed by atoms with Crippen molar-refractivity contribution in [1.29, 1.82) is 0 Å². The average Bonchev–Trinajstić information content (AvgIpc) is 3.00. The minimum atomic E-state index is -0.0601. The molecule has 0 bridgehead atoms. The third kappa shape index (κ3) is 3.05. The summed E-state index contributed by atoms with van der Waals surface area (Å²) >= 11 is 1.82. The van der Waals surface area contributed by atoms with Crippen molar-refractivity contribution < 1.29 is 4.74 Å². The Morgan fingerprint density at radius 1 is 1.25 bits per heavy atom. The maximum atomic E-state index is 6.09. The van der Waals surface area contributed by atoms with E-state index < -0.39 is 0 Å². The van der Waals surface area contributed by atoms with Gasteiger partial charge in [0, 0.05) is 30.0 Å². The Morgan fingerprint density at radius 2 is 2.15 bits per heavy atom. The van der Waals surface area contributed by atoms with Gasteiger partial charge >= 0.3 is 0 Å². The van der Waals surface area contributed by atoms with Crippen LogP contribution in [-0.2, 0) is 19.4 Å². The van der Waals surface area contributed by atoms with Crippen LogP contribution in [0.3, 0.4) is 0 Å². The molecule has 0 aliphatic carbocycles. The van der Waals surface area contributed by atoms with E-state index in [0.717, 1.165) is 31.7 Å². The lowest BCUT2D eigenvalue weighted by molar-refractivity contribution is 0.137. The summed E-state index contributed by atoms with van der Waals surface area (Å²) in [5.74, 6) is 1.10. The van der Waals surface area contributed by atoms with E-state index in [-0.39, 0.29) is 5.60 Å². The fraction of sp³-hybridized carbons (Fsp3) is 0.412. The zero-order chi connectivity index (χ0) is 14.0. The Labute approximate surface area is 124 Å². The van der Waals surface area contributed by atoms with Gasteiger partial charge in [0.05, 0.1) is 0 Å². The monoisotopic (exact) mass is 287 g/mol. The third-order valence-corrected chi connectivity index (χ3v) is 4.55. The Morgan fingerprint density at radius 3 is 2.95 bits per heavy atom. The van der Waals surface area contributed by atoms with Crippen LogP contribution >= 0.6 is 11.3 Å². The van der Waals surface area contributed by atoms with Crippen molar-refractivity contribution in [3.8, 4) is 5.75 Å². The molecule has 0 amide bonds. The first-order chi connectivity index (χ1) is 9.64. The first-order valence-corrected chi connectivity index (χ1v) is 8.05. The molecule has 1 N–H and O–H groups in total. The highest BCUT2D eigenvalue weighted by Gasteiger charge is 2.31. The SMILES string of the molecule is CC1(C)Cc2cccc(CNCCc3cccs3)c2O1. The standard InChI is InChI=1S/C17H21NOS/c1-17(2)11-13-5-3-6-14(16(13)19-17)12-18-9-8-15-7-4-10-20-15/h3-7,10,18H,8-9,11-12H2,1-2H3. The van der Waals surface area contributed by atoms with Gasteiger partial charge < -0.3 is 10.1 Å². The first kappa shape index (κ1) is 13.7. The van der Waals surface area contributed by atoms with Crippen LogP contribution in [0.25, 0.3) is 0 Å². The lowest BCUT2D eigenvalue weighted by Crippen LogP contribution is -2.25. The van der Waals surface area contributed by atoms with E-state index in [1.165, 1.54) is 16.0 Å². The molecule has 0 unspecified atom stereocenters. The number of rotatable bonds is 5. The molecule has 0 atom stereocenters. The normalized spacial score (nSPS) is 15.9. The van der Waals surface area contributed by atoms with Crippen molar-refractivity contribution in [1.82, 2.24) is 5.32 Å². The Kier molecular flexibility index (Phi) is 3.81. The molecule has 0 saturated carbocycles. The van der Waals surface area contributed by atoms with Crippen LogP contribution in [0.2, 0.25) is 0 Å². The predicted octanol–water partition coefficient (Wildman–Crippen LogP) is 3.79. The summed E-state index contributed by atoms with van der Waals surface area (Å²) in [6.07, 6.45) is 2.10. The Bertz CT molecular complexity index is 575. The van der Waals surface area contributed by atoms with Crippen LogP contribution in [0.15, 0.2) is 35.7 Å². The van der Waals surface area contributed by atoms with Gasteiger partial charge in [0.2, 0.25) is 0 Å². The highest BCUT2D eigenvalue weighted by Crippen LogP contribution is 2.37. The molecule has 3 rings (SSSR count). The molecule has 1 aliphatic heterocycles. The van der Waals surface area contributed by atoms with Gasteiger partial charge in [-0.1, -0.05) is 24.3 Å². The number of para-hydroxylation sites is 1. The number of fused-ring (bicyclic) bond motifs is 1. The van der Waals surface area contributed by atoms with Gasteiger partial charge in [-0.15, -0.1) is 11.3 Å². The van der Waals surface area contributed by atoms with E-state index in [1.807, 2.05) is 11.3 Å². The zero-order valence-corrected chi connectivity index (χ0v) is 12.9. The summed E-state index contributed by atoms with van der Waals surface area (Å²) in [6.45, 7) is 6.19. The molecular formula is C17H21NOS. The number of hydrogen-bond donors (Lipinski definition) is 1. The third-order valence-electron chi connectivity index (χ3n) is 3.62. The maximum Gasteiger partial charge on any atom is 0.127 e. The van der Waals surface area contributed by atoms with E-state index in [4.69, 9.17) is 4.74 Å². The second-order valence-electron chi connectivity index (χ2n) is 5.95. The van der Waals surface area contributed by atoms with Crippen molar-refractivity contribution in [3.05, 3.63) is 51.7 Å². The number of nitrogens with one attached hydrogen (secondary N) is 1. The van der Waals surface area contributed by atoms with E-state index >= 15 is 0 Å². The number of ether oxygens (including phenoxy) is 1. The molecule has 3 heteroatoms. The van der Waals surface area contributed by atoms with Gasteiger partial charge in [-0.05, 0) is 37.3 Å². The summed E-state index contributed by atoms with van der Waals surface area (Å²) in [4.78, 5) is 1.44. The Hall–Kier alpha value is -1.32. The molecular weight excluding hydrogens is 266 g/mol. The summed E-state index contributed by atoms with van der Waals surface area (Å²) in [6, 6.07) is 10.8. The quantitative estimate of drug-likeness (QED) is 0.845. The minimum absolute atomic E-state index is 0.0601. The van der Waals surface area contributed by atoms with Crippen LogP contribution in [0, 0.1) is 0 Å². The van der Waals surface area contributed by atoms with E-state index in [0.29, 0.717) is 0 Å². The second-order valence-corrected chi connectivity index (χ2v) is 6.98. The summed E-state index contributed by atoms with van der Waals surface area (Å²) in [7, 11) is 0. The molecule has 20 heavy (non-hydrogen) atoms. The van der Waals surface area contributed by atoms with Gasteiger partial charge in [0.15, 0.2) is 0 Å². The largest absolute Gasteiger partial charge is 0.487 e. The lowest BCUT2D eigenvalue weighted by Gasteiger charge is -2.18. The molecule has 1 aromatic heterocycles. The molecule has 106 valence electrons. The molecule has 1 aliphatic rings. The van der Waals surface area contributed by atoms with Crippen LogP contribution in [0.1, 0.15) is 29.9 Å². The number of benzene rings is 1. The van der Waals surface area contributed by atoms with Crippen molar-refractivity contribution in [2.75, 3.05) is 6.54 Å². The molecule has 1 aromatic carbocycles. The number of hydrogen-bond acceptors (Lipinski definition) is 3. The first-order valence-electron chi connectivity index (χ1n) is 7.17. The molecule has 0 spiro atoms. The van der Waals surface area contributed by atoms with Gasteiger partial charge in [-0.2, -0.15) is 0 Å². The van der Waals surface area contributed by atoms with E-state index in [9.17, 15) is 0 Å². The highest BCUT2D eigenvalue weighted by atomic mass is 32.1. The predicted molar refractivity (Wildman–Crippen MR) is 84.6 cm³/mol. The fourth-order valence-corrected chi connectivity index (χ4v) is 3.42. The highest BCUT2D eigenvalue weighted by molar-refractivity contribution is 7.09. The second kappa shape index (κ2) is 5.58. The van der Waals surface area contributed by atoms with Gasteiger partial charge in [-0.3, -0.25) is 0 Å². The van der Waals surface area contributed by atoms with E-state index in [1.54, 1.807) is 0 Å².